The number of rotatable bonds is 5. The summed E-state index contributed by atoms with van der Waals surface area (Å²) in [6.07, 6.45) is 0. The largest absolute Gasteiger partial charge is 0.775 e. The molecule has 0 amide bonds. The Hall–Kier alpha value is -2.02. The van der Waals surface area contributed by atoms with Gasteiger partial charge in [-0.05, 0) is 18.2 Å². The van der Waals surface area contributed by atoms with Gasteiger partial charge in [0.15, 0.2) is 19.0 Å². The highest BCUT2D eigenvalue weighted by Crippen LogP contribution is 2.38. The second-order valence-electron chi connectivity index (χ2n) is 4.95. The monoisotopic (exact) mass is 401 g/mol. The molecule has 4 N–H and O–H groups in total. The van der Waals surface area contributed by atoms with Crippen molar-refractivity contribution in [3.8, 4) is 17.2 Å². The summed E-state index contributed by atoms with van der Waals surface area (Å²) >= 11 is 5.77. The second kappa shape index (κ2) is 10.2. The maximum absolute atomic E-state index is 10.7. The van der Waals surface area contributed by atoms with Gasteiger partial charge in [-0.25, -0.2) is 0 Å². The third-order valence-electron chi connectivity index (χ3n) is 3.10. The molecule has 0 bridgehead atoms. The van der Waals surface area contributed by atoms with E-state index in [1.807, 2.05) is 24.3 Å². The van der Waals surface area contributed by atoms with E-state index in [-0.39, 0.29) is 5.03 Å². The lowest BCUT2D eigenvalue weighted by Crippen LogP contribution is -2.40. The molecule has 26 heavy (non-hydrogen) atoms. The van der Waals surface area contributed by atoms with Gasteiger partial charge in [-0.1, -0.05) is 23.7 Å². The van der Waals surface area contributed by atoms with Gasteiger partial charge in [-0.3, -0.25) is 0 Å². The average Bonchev–Trinajstić information content (AvgIpc) is 2.60. The fourth-order valence-electron chi connectivity index (χ4n) is 1.87. The number of quaternary nitrogens is 1. The van der Waals surface area contributed by atoms with Crippen LogP contribution in [0.4, 0.5) is 5.69 Å². The third-order valence-corrected chi connectivity index (χ3v) is 4.16. The number of hydrogen-bond donors (Lipinski definition) is 2. The molecule has 0 aliphatic carbocycles. The van der Waals surface area contributed by atoms with E-state index in [4.69, 9.17) is 30.7 Å². The zero-order valence-corrected chi connectivity index (χ0v) is 16.3. The quantitative estimate of drug-likeness (QED) is 0.743. The van der Waals surface area contributed by atoms with E-state index in [9.17, 15) is 9.46 Å². The van der Waals surface area contributed by atoms with Crippen molar-refractivity contribution in [2.75, 3.05) is 21.3 Å². The predicted molar refractivity (Wildman–Crippen MR) is 98.7 cm³/mol. The minimum absolute atomic E-state index is 0.122. The fraction of sp³-hybridized carbons (Fsp3) is 0.176. The summed E-state index contributed by atoms with van der Waals surface area (Å²) in [4.78, 5) is 19.4. The van der Waals surface area contributed by atoms with Gasteiger partial charge in [0, 0.05) is 23.5 Å². The fourth-order valence-corrected chi connectivity index (χ4v) is 2.78. The summed E-state index contributed by atoms with van der Waals surface area (Å²) in [6.45, 7) is 0. The van der Waals surface area contributed by atoms with Crippen molar-refractivity contribution in [1.29, 1.82) is 0 Å². The highest BCUT2D eigenvalue weighted by Gasteiger charge is 2.07. The van der Waals surface area contributed by atoms with Crippen molar-refractivity contribution < 1.29 is 34.3 Å². The number of halogens is 1. The normalized spacial score (nSPS) is 13.1. The van der Waals surface area contributed by atoms with Crippen molar-refractivity contribution in [3.63, 3.8) is 0 Å². The van der Waals surface area contributed by atoms with Crippen LogP contribution in [0.25, 0.3) is 5.03 Å². The van der Waals surface area contributed by atoms with Crippen molar-refractivity contribution in [3.05, 3.63) is 53.8 Å². The molecule has 1 atom stereocenters. The summed E-state index contributed by atoms with van der Waals surface area (Å²) < 4.78 is 25.7. The first kappa shape index (κ1) is 22.0. The molecule has 2 aromatic carbocycles. The summed E-state index contributed by atoms with van der Waals surface area (Å²) in [7, 11) is 0.000883. The molecule has 0 aliphatic heterocycles. The Bertz CT molecular complexity index is 783. The summed E-state index contributed by atoms with van der Waals surface area (Å²) in [5, 5.41) is -0.122. The van der Waals surface area contributed by atoms with Crippen molar-refractivity contribution in [2.45, 2.75) is 0 Å². The van der Waals surface area contributed by atoms with Crippen molar-refractivity contribution >= 4 is 29.9 Å². The Morgan fingerprint density at radius 2 is 1.65 bits per heavy atom. The van der Waals surface area contributed by atoms with Crippen molar-refractivity contribution in [1.82, 2.24) is 0 Å². The predicted octanol–water partition coefficient (Wildman–Crippen LogP) is 2.36. The van der Waals surface area contributed by atoms with Crippen LogP contribution in [0.5, 0.6) is 17.2 Å². The second-order valence-corrected chi connectivity index (χ2v) is 6.75. The molecule has 0 spiro atoms. The molecule has 7 nitrogen and oxygen atoms in total. The Kier molecular flexibility index (Phi) is 8.65. The van der Waals surface area contributed by atoms with Crippen LogP contribution in [0.2, 0.25) is 0 Å². The van der Waals surface area contributed by atoms with Gasteiger partial charge in [0.25, 0.3) is 0 Å². The van der Waals surface area contributed by atoms with Gasteiger partial charge in [0.2, 0.25) is 0 Å². The van der Waals surface area contributed by atoms with Gasteiger partial charge in [-0.2, -0.15) is 0 Å². The topological polar surface area (TPSA) is 116 Å². The van der Waals surface area contributed by atoms with Crippen molar-refractivity contribution in [2.24, 2.45) is 0 Å². The molecule has 0 heterocycles. The molecule has 0 radical (unpaired) electrons. The number of hydrogen-bond acceptors (Lipinski definition) is 5. The van der Waals surface area contributed by atoms with Crippen LogP contribution >= 0.6 is 19.2 Å². The lowest BCUT2D eigenvalue weighted by molar-refractivity contribution is -0.256. The summed E-state index contributed by atoms with van der Waals surface area (Å²) in [5.74, 6) is 2.34. The van der Waals surface area contributed by atoms with E-state index in [0.717, 1.165) is 11.4 Å². The Morgan fingerprint density at radius 3 is 2.04 bits per heavy atom. The summed E-state index contributed by atoms with van der Waals surface area (Å²) in [6, 6.07) is 12.3. The third kappa shape index (κ3) is 7.47. The maximum Gasteiger partial charge on any atom is 0.179 e. The molecule has 0 fully saturated rings. The van der Waals surface area contributed by atoms with Crippen LogP contribution in [0.15, 0.2) is 48.3 Å². The molecule has 1 unspecified atom stereocenters. The van der Waals surface area contributed by atoms with E-state index in [2.05, 4.69) is 5.73 Å². The minimum Gasteiger partial charge on any atom is -0.775 e. The van der Waals surface area contributed by atoms with Gasteiger partial charge in [-0.15, -0.1) is 0 Å². The maximum atomic E-state index is 10.7. The Morgan fingerprint density at radius 1 is 1.12 bits per heavy atom. The smallest absolute Gasteiger partial charge is 0.179 e. The first-order valence-corrected chi connectivity index (χ1v) is 9.33. The number of methoxy groups -OCH3 is 3. The molecule has 0 saturated heterocycles. The van der Waals surface area contributed by atoms with Gasteiger partial charge < -0.3 is 34.3 Å². The minimum atomic E-state index is -4.56. The van der Waals surface area contributed by atoms with E-state index in [0.29, 0.717) is 22.9 Å². The van der Waals surface area contributed by atoms with E-state index < -0.39 is 7.60 Å². The van der Waals surface area contributed by atoms with E-state index in [1.54, 1.807) is 13.2 Å². The molecule has 0 saturated carbocycles. The number of ether oxygens (including phenoxy) is 3. The first-order chi connectivity index (χ1) is 12.2. The SMILES string of the molecule is COc1cc(OC)cc(/C(Cl)=C/P(=O)([O-])O)c1.COc1ccccc1[NH3+]. The molecule has 2 rings (SSSR count). The van der Waals surface area contributed by atoms with Crippen LogP contribution in [-0.4, -0.2) is 26.2 Å². The average molecular weight is 402 g/mol. The number of benzene rings is 2. The van der Waals surface area contributed by atoms with Crippen LogP contribution in [0, 0.1) is 0 Å². The van der Waals surface area contributed by atoms with Crippen LogP contribution in [0.3, 0.4) is 0 Å². The molecule has 0 aromatic heterocycles. The summed E-state index contributed by atoms with van der Waals surface area (Å²) in [5.41, 5.74) is 5.07. The molecule has 2 aromatic rings. The molecule has 0 aliphatic rings. The van der Waals surface area contributed by atoms with Gasteiger partial charge in [0.1, 0.15) is 11.5 Å². The Balaban J connectivity index is 0.000000314. The molecule has 9 heteroatoms. The first-order valence-electron chi connectivity index (χ1n) is 7.30. The van der Waals surface area contributed by atoms with Crippen LogP contribution in [0.1, 0.15) is 5.56 Å². The number of para-hydroxylation sites is 1. The Labute approximate surface area is 157 Å². The van der Waals surface area contributed by atoms with E-state index >= 15 is 0 Å². The highest BCUT2D eigenvalue weighted by molar-refractivity contribution is 7.54. The van der Waals surface area contributed by atoms with Gasteiger partial charge in [0.05, 0.1) is 26.4 Å². The molecular formula is C17H21ClNO6P. The zero-order valence-electron chi connectivity index (χ0n) is 14.6. The van der Waals surface area contributed by atoms with Gasteiger partial charge >= 0.3 is 0 Å². The standard InChI is InChI=1S/C10H12ClO5P.C7H9NO/c1-15-8-3-7(4-9(5-8)16-2)10(11)6-17(12,13)14;1-9-7-5-3-2-4-6(7)8/h3-6H,1-2H3,(H2,12,13,14);2-5H,8H2,1H3/b10-6-;. The lowest BCUT2D eigenvalue weighted by atomic mass is 10.2. The van der Waals surface area contributed by atoms with E-state index in [1.165, 1.54) is 26.4 Å². The molecule has 142 valence electrons. The van der Waals surface area contributed by atoms with Crippen LogP contribution in [-0.2, 0) is 4.57 Å². The highest BCUT2D eigenvalue weighted by atomic mass is 35.5. The zero-order chi connectivity index (χ0) is 19.7. The molecular weight excluding hydrogens is 381 g/mol. The van der Waals surface area contributed by atoms with Crippen LogP contribution < -0.4 is 24.8 Å². The lowest BCUT2D eigenvalue weighted by Gasteiger charge is -2.12.